The molecule has 4 nitrogen and oxygen atoms in total. The Morgan fingerprint density at radius 2 is 1.64 bits per heavy atom. The number of aliphatic imine (C=N–C) groups is 1. The van der Waals surface area contributed by atoms with Crippen LogP contribution in [0.5, 0.6) is 0 Å². The SMILES string of the molecule is O=C1C(=NCCc2ccccc2)C(Cl)C(=O)N1Cc1ccc(Cl)cc1. The van der Waals surface area contributed by atoms with Gasteiger partial charge in [0.2, 0.25) is 0 Å². The molecule has 3 rings (SSSR count). The number of nitrogens with zero attached hydrogens (tertiary/aromatic N) is 2. The van der Waals surface area contributed by atoms with Gasteiger partial charge in [-0.2, -0.15) is 0 Å². The molecule has 2 amide bonds. The maximum absolute atomic E-state index is 12.5. The number of alkyl halides is 1. The molecule has 0 aromatic heterocycles. The molecule has 1 heterocycles. The van der Waals surface area contributed by atoms with Crippen molar-refractivity contribution in [1.82, 2.24) is 4.90 Å². The molecule has 1 saturated heterocycles. The Bertz CT molecular complexity index is 804. The largest absolute Gasteiger partial charge is 0.282 e. The van der Waals surface area contributed by atoms with Crippen LogP contribution in [0.1, 0.15) is 11.1 Å². The average molecular weight is 375 g/mol. The molecule has 1 atom stereocenters. The molecule has 0 aliphatic carbocycles. The first-order valence-electron chi connectivity index (χ1n) is 7.89. The molecule has 0 saturated carbocycles. The lowest BCUT2D eigenvalue weighted by atomic mass is 10.1. The lowest BCUT2D eigenvalue weighted by Crippen LogP contribution is -2.30. The minimum absolute atomic E-state index is 0.122. The van der Waals surface area contributed by atoms with Crippen molar-refractivity contribution >= 4 is 40.7 Å². The Labute approximate surface area is 156 Å². The van der Waals surface area contributed by atoms with Gasteiger partial charge in [0.05, 0.1) is 6.54 Å². The summed E-state index contributed by atoms with van der Waals surface area (Å²) in [5, 5.41) is -0.420. The number of carbonyl (C=O) groups excluding carboxylic acids is 2. The van der Waals surface area contributed by atoms with E-state index in [9.17, 15) is 9.59 Å². The predicted octanol–water partition coefficient (Wildman–Crippen LogP) is 3.50. The summed E-state index contributed by atoms with van der Waals surface area (Å²) in [4.78, 5) is 30.2. The van der Waals surface area contributed by atoms with Crippen molar-refractivity contribution in [2.45, 2.75) is 18.3 Å². The average Bonchev–Trinajstić information content (AvgIpc) is 2.82. The summed E-state index contributed by atoms with van der Waals surface area (Å²) in [7, 11) is 0. The smallest absolute Gasteiger partial charge is 0.276 e. The van der Waals surface area contributed by atoms with E-state index in [1.807, 2.05) is 30.3 Å². The van der Waals surface area contributed by atoms with Crippen molar-refractivity contribution in [2.24, 2.45) is 4.99 Å². The van der Waals surface area contributed by atoms with Crippen molar-refractivity contribution in [2.75, 3.05) is 6.54 Å². The van der Waals surface area contributed by atoms with Crippen LogP contribution >= 0.6 is 23.2 Å². The van der Waals surface area contributed by atoms with Gasteiger partial charge in [0.1, 0.15) is 5.71 Å². The lowest BCUT2D eigenvalue weighted by Gasteiger charge is -2.13. The van der Waals surface area contributed by atoms with Crippen LogP contribution in [0.15, 0.2) is 59.6 Å². The Kier molecular flexibility index (Phi) is 5.51. The fraction of sp³-hybridized carbons (Fsp3) is 0.211. The van der Waals surface area contributed by atoms with E-state index in [-0.39, 0.29) is 12.3 Å². The number of amides is 2. The third-order valence-electron chi connectivity index (χ3n) is 3.97. The van der Waals surface area contributed by atoms with E-state index < -0.39 is 17.2 Å². The minimum atomic E-state index is -1.02. The van der Waals surface area contributed by atoms with E-state index in [2.05, 4.69) is 4.99 Å². The van der Waals surface area contributed by atoms with E-state index in [1.54, 1.807) is 24.3 Å². The highest BCUT2D eigenvalue weighted by molar-refractivity contribution is 6.63. The normalized spacial score (nSPS) is 19.0. The van der Waals surface area contributed by atoms with Gasteiger partial charge in [0.25, 0.3) is 11.8 Å². The number of benzene rings is 2. The Morgan fingerprint density at radius 1 is 0.960 bits per heavy atom. The molecule has 0 radical (unpaired) electrons. The number of carbonyl (C=O) groups is 2. The number of likely N-dealkylation sites (tertiary alicyclic amines) is 1. The van der Waals surface area contributed by atoms with Gasteiger partial charge < -0.3 is 0 Å². The van der Waals surface area contributed by atoms with Crippen LogP contribution in [-0.4, -0.2) is 34.3 Å². The number of imide groups is 1. The van der Waals surface area contributed by atoms with Gasteiger partial charge in [-0.3, -0.25) is 19.5 Å². The summed E-state index contributed by atoms with van der Waals surface area (Å²) in [6.07, 6.45) is 0.687. The summed E-state index contributed by atoms with van der Waals surface area (Å²) >= 11 is 12.0. The van der Waals surface area contributed by atoms with Crippen LogP contribution in [0.25, 0.3) is 0 Å². The van der Waals surface area contributed by atoms with Crippen molar-refractivity contribution in [3.63, 3.8) is 0 Å². The van der Waals surface area contributed by atoms with Crippen LogP contribution in [0.3, 0.4) is 0 Å². The number of halogens is 2. The Morgan fingerprint density at radius 3 is 2.32 bits per heavy atom. The molecule has 0 spiro atoms. The van der Waals surface area contributed by atoms with E-state index in [1.165, 1.54) is 0 Å². The molecule has 128 valence electrons. The zero-order chi connectivity index (χ0) is 17.8. The summed E-state index contributed by atoms with van der Waals surface area (Å²) in [6.45, 7) is 0.576. The molecule has 1 unspecified atom stereocenters. The highest BCUT2D eigenvalue weighted by atomic mass is 35.5. The van der Waals surface area contributed by atoms with E-state index in [4.69, 9.17) is 23.2 Å². The summed E-state index contributed by atoms with van der Waals surface area (Å²) in [6, 6.07) is 16.8. The van der Waals surface area contributed by atoms with Gasteiger partial charge in [-0.1, -0.05) is 54.1 Å². The molecule has 1 aliphatic heterocycles. The van der Waals surface area contributed by atoms with Gasteiger partial charge in [-0.05, 0) is 29.7 Å². The molecule has 0 bridgehead atoms. The zero-order valence-electron chi connectivity index (χ0n) is 13.4. The van der Waals surface area contributed by atoms with Crippen molar-refractivity contribution in [3.05, 3.63) is 70.7 Å². The maximum atomic E-state index is 12.5. The van der Waals surface area contributed by atoms with Gasteiger partial charge in [-0.25, -0.2) is 0 Å². The molecule has 2 aromatic carbocycles. The van der Waals surface area contributed by atoms with Crippen LogP contribution < -0.4 is 0 Å². The molecule has 6 heteroatoms. The molecule has 0 N–H and O–H groups in total. The van der Waals surface area contributed by atoms with Crippen molar-refractivity contribution in [1.29, 1.82) is 0 Å². The first kappa shape index (κ1) is 17.6. The van der Waals surface area contributed by atoms with E-state index in [0.29, 0.717) is 18.0 Å². The van der Waals surface area contributed by atoms with Crippen molar-refractivity contribution < 1.29 is 9.59 Å². The molecule has 1 fully saturated rings. The zero-order valence-corrected chi connectivity index (χ0v) is 14.9. The van der Waals surface area contributed by atoms with Crippen LogP contribution in [0, 0.1) is 0 Å². The van der Waals surface area contributed by atoms with Crippen molar-refractivity contribution in [3.8, 4) is 0 Å². The minimum Gasteiger partial charge on any atom is -0.282 e. The topological polar surface area (TPSA) is 49.7 Å². The van der Waals surface area contributed by atoms with Gasteiger partial charge >= 0.3 is 0 Å². The van der Waals surface area contributed by atoms with Gasteiger partial charge in [0, 0.05) is 11.6 Å². The van der Waals surface area contributed by atoms with E-state index in [0.717, 1.165) is 16.0 Å². The molecule has 1 aliphatic rings. The Hall–Kier alpha value is -2.17. The summed E-state index contributed by atoms with van der Waals surface area (Å²) in [5.74, 6) is -0.854. The quantitative estimate of drug-likeness (QED) is 0.593. The number of hydrogen-bond donors (Lipinski definition) is 0. The summed E-state index contributed by atoms with van der Waals surface area (Å²) in [5.41, 5.74) is 2.05. The first-order chi connectivity index (χ1) is 12.1. The third kappa shape index (κ3) is 4.09. The fourth-order valence-electron chi connectivity index (χ4n) is 2.62. The van der Waals surface area contributed by atoms with Crippen LogP contribution in [0.2, 0.25) is 5.02 Å². The second-order valence-electron chi connectivity index (χ2n) is 5.72. The second-order valence-corrected chi connectivity index (χ2v) is 6.59. The second kappa shape index (κ2) is 7.81. The first-order valence-corrected chi connectivity index (χ1v) is 8.70. The standard InChI is InChI=1S/C19H16Cl2N2O2/c20-15-8-6-14(7-9-15)12-23-18(24)16(21)17(19(23)25)22-11-10-13-4-2-1-3-5-13/h1-9,16H,10-12H2. The number of hydrogen-bond acceptors (Lipinski definition) is 3. The predicted molar refractivity (Wildman–Crippen MR) is 99.1 cm³/mol. The monoisotopic (exact) mass is 374 g/mol. The summed E-state index contributed by atoms with van der Waals surface area (Å²) < 4.78 is 0. The highest BCUT2D eigenvalue weighted by Crippen LogP contribution is 2.20. The fourth-order valence-corrected chi connectivity index (χ4v) is 3.03. The van der Waals surface area contributed by atoms with E-state index >= 15 is 0 Å². The van der Waals surface area contributed by atoms with Crippen LogP contribution in [0.4, 0.5) is 0 Å². The van der Waals surface area contributed by atoms with Crippen LogP contribution in [-0.2, 0) is 22.6 Å². The maximum Gasteiger partial charge on any atom is 0.276 e. The van der Waals surface area contributed by atoms with Gasteiger partial charge in [-0.15, -0.1) is 11.6 Å². The molecular weight excluding hydrogens is 359 g/mol. The van der Waals surface area contributed by atoms with Gasteiger partial charge in [0.15, 0.2) is 5.38 Å². The highest BCUT2D eigenvalue weighted by Gasteiger charge is 2.43. The molecule has 2 aromatic rings. The lowest BCUT2D eigenvalue weighted by molar-refractivity contribution is -0.137. The molecule has 25 heavy (non-hydrogen) atoms. The number of rotatable bonds is 5. The molecular formula is C19H16Cl2N2O2. The third-order valence-corrected chi connectivity index (χ3v) is 4.61. The Balaban J connectivity index is 1.69.